The standard InChI is InChI=1S/C14H31N/c1-7-9-14(15,10-8-2)11-12(3)13(4,5)6/h12H,7-11,15H2,1-6H3. The quantitative estimate of drug-likeness (QED) is 0.697. The number of hydrogen-bond donors (Lipinski definition) is 1. The van der Waals surface area contributed by atoms with E-state index < -0.39 is 0 Å². The first kappa shape index (κ1) is 15.0. The van der Waals surface area contributed by atoms with Crippen molar-refractivity contribution in [2.24, 2.45) is 17.1 Å². The van der Waals surface area contributed by atoms with E-state index in [1.165, 1.54) is 25.7 Å². The van der Waals surface area contributed by atoms with Crippen LogP contribution in [-0.2, 0) is 0 Å². The van der Waals surface area contributed by atoms with Gasteiger partial charge in [-0.15, -0.1) is 0 Å². The van der Waals surface area contributed by atoms with E-state index in [0.29, 0.717) is 11.3 Å². The average Bonchev–Trinajstić information content (AvgIpc) is 2.02. The van der Waals surface area contributed by atoms with E-state index in [4.69, 9.17) is 5.73 Å². The largest absolute Gasteiger partial charge is 0.325 e. The summed E-state index contributed by atoms with van der Waals surface area (Å²) < 4.78 is 0. The molecule has 0 saturated heterocycles. The van der Waals surface area contributed by atoms with Gasteiger partial charge >= 0.3 is 0 Å². The van der Waals surface area contributed by atoms with E-state index in [0.717, 1.165) is 6.42 Å². The van der Waals surface area contributed by atoms with Crippen molar-refractivity contribution < 1.29 is 0 Å². The summed E-state index contributed by atoms with van der Waals surface area (Å²) in [5.41, 5.74) is 6.98. The highest BCUT2D eigenvalue weighted by Gasteiger charge is 2.30. The molecule has 15 heavy (non-hydrogen) atoms. The minimum Gasteiger partial charge on any atom is -0.325 e. The Kier molecular flexibility index (Phi) is 5.87. The first-order valence-electron chi connectivity index (χ1n) is 6.54. The van der Waals surface area contributed by atoms with Gasteiger partial charge in [0.1, 0.15) is 0 Å². The van der Waals surface area contributed by atoms with E-state index in [9.17, 15) is 0 Å². The summed E-state index contributed by atoms with van der Waals surface area (Å²) in [6, 6.07) is 0. The average molecular weight is 213 g/mol. The van der Waals surface area contributed by atoms with Crippen molar-refractivity contribution in [1.29, 1.82) is 0 Å². The lowest BCUT2D eigenvalue weighted by Crippen LogP contribution is -2.43. The number of nitrogens with two attached hydrogens (primary N) is 1. The lowest BCUT2D eigenvalue weighted by molar-refractivity contribution is 0.181. The Balaban J connectivity index is 4.40. The van der Waals surface area contributed by atoms with Crippen LogP contribution in [0.3, 0.4) is 0 Å². The monoisotopic (exact) mass is 213 g/mol. The molecule has 0 spiro atoms. The molecule has 0 fully saturated rings. The first-order valence-corrected chi connectivity index (χ1v) is 6.54. The second-order valence-corrected chi connectivity index (χ2v) is 6.33. The molecular weight excluding hydrogens is 182 g/mol. The molecule has 0 rings (SSSR count). The molecule has 1 nitrogen and oxygen atoms in total. The van der Waals surface area contributed by atoms with Crippen molar-refractivity contribution in [3.63, 3.8) is 0 Å². The van der Waals surface area contributed by atoms with Gasteiger partial charge in [0.15, 0.2) is 0 Å². The molecule has 1 atom stereocenters. The summed E-state index contributed by atoms with van der Waals surface area (Å²) >= 11 is 0. The van der Waals surface area contributed by atoms with Crippen LogP contribution in [0.15, 0.2) is 0 Å². The third-order valence-corrected chi connectivity index (χ3v) is 3.69. The van der Waals surface area contributed by atoms with Crippen LogP contribution in [0.2, 0.25) is 0 Å². The normalized spacial score (nSPS) is 15.4. The molecule has 1 heteroatoms. The second kappa shape index (κ2) is 5.89. The maximum Gasteiger partial charge on any atom is 0.0156 e. The highest BCUT2D eigenvalue weighted by molar-refractivity contribution is 4.87. The molecule has 0 heterocycles. The molecule has 0 aromatic carbocycles. The van der Waals surface area contributed by atoms with Crippen LogP contribution < -0.4 is 5.73 Å². The van der Waals surface area contributed by atoms with Gasteiger partial charge in [-0.05, 0) is 30.6 Å². The van der Waals surface area contributed by atoms with E-state index >= 15 is 0 Å². The molecule has 92 valence electrons. The summed E-state index contributed by atoms with van der Waals surface area (Å²) in [5, 5.41) is 0. The predicted octanol–water partition coefficient (Wildman–Crippen LogP) is 4.36. The van der Waals surface area contributed by atoms with Crippen molar-refractivity contribution in [1.82, 2.24) is 0 Å². The molecule has 0 radical (unpaired) electrons. The zero-order valence-electron chi connectivity index (χ0n) is 11.7. The van der Waals surface area contributed by atoms with Crippen LogP contribution in [-0.4, -0.2) is 5.54 Å². The van der Waals surface area contributed by atoms with Crippen molar-refractivity contribution in [2.75, 3.05) is 0 Å². The third-order valence-electron chi connectivity index (χ3n) is 3.69. The zero-order valence-corrected chi connectivity index (χ0v) is 11.7. The van der Waals surface area contributed by atoms with Gasteiger partial charge in [0.2, 0.25) is 0 Å². The highest BCUT2D eigenvalue weighted by Crippen LogP contribution is 2.34. The molecule has 1 unspecified atom stereocenters. The van der Waals surface area contributed by atoms with E-state index in [-0.39, 0.29) is 5.54 Å². The lowest BCUT2D eigenvalue weighted by Gasteiger charge is -2.37. The fraction of sp³-hybridized carbons (Fsp3) is 1.00. The second-order valence-electron chi connectivity index (χ2n) is 6.33. The Labute approximate surface area is 96.8 Å². The van der Waals surface area contributed by atoms with Gasteiger partial charge in [-0.3, -0.25) is 0 Å². The molecule has 0 aliphatic rings. The predicted molar refractivity (Wildman–Crippen MR) is 70.0 cm³/mol. The molecule has 0 aliphatic carbocycles. The molecule has 0 amide bonds. The van der Waals surface area contributed by atoms with Crippen LogP contribution in [0.1, 0.15) is 73.6 Å². The Morgan fingerprint density at radius 3 is 1.67 bits per heavy atom. The first-order chi connectivity index (χ1) is 6.75. The van der Waals surface area contributed by atoms with Gasteiger partial charge in [-0.25, -0.2) is 0 Å². The van der Waals surface area contributed by atoms with Crippen molar-refractivity contribution in [2.45, 2.75) is 79.2 Å². The summed E-state index contributed by atoms with van der Waals surface area (Å²) in [5.74, 6) is 0.695. The molecule has 0 bridgehead atoms. The maximum atomic E-state index is 6.52. The highest BCUT2D eigenvalue weighted by atomic mass is 14.7. The Morgan fingerprint density at radius 1 is 1.00 bits per heavy atom. The van der Waals surface area contributed by atoms with Gasteiger partial charge in [-0.2, -0.15) is 0 Å². The summed E-state index contributed by atoms with van der Waals surface area (Å²) in [6.45, 7) is 13.8. The molecule has 0 aliphatic heterocycles. The minimum atomic E-state index is 0.0796. The molecular formula is C14H31N. The number of hydrogen-bond acceptors (Lipinski definition) is 1. The van der Waals surface area contributed by atoms with E-state index in [1.54, 1.807) is 0 Å². The van der Waals surface area contributed by atoms with Crippen LogP contribution in [0.25, 0.3) is 0 Å². The maximum absolute atomic E-state index is 6.52. The molecule has 0 aromatic rings. The summed E-state index contributed by atoms with van der Waals surface area (Å²) in [6.07, 6.45) is 5.90. The van der Waals surface area contributed by atoms with E-state index in [1.807, 2.05) is 0 Å². The molecule has 2 N–H and O–H groups in total. The molecule has 0 saturated carbocycles. The fourth-order valence-electron chi connectivity index (χ4n) is 2.24. The smallest absolute Gasteiger partial charge is 0.0156 e. The van der Waals surface area contributed by atoms with Gasteiger partial charge < -0.3 is 5.73 Å². The Morgan fingerprint density at radius 2 is 1.40 bits per heavy atom. The van der Waals surface area contributed by atoms with Crippen LogP contribution >= 0.6 is 0 Å². The fourth-order valence-corrected chi connectivity index (χ4v) is 2.24. The summed E-state index contributed by atoms with van der Waals surface area (Å²) in [4.78, 5) is 0. The van der Waals surface area contributed by atoms with Gasteiger partial charge in [0.25, 0.3) is 0 Å². The van der Waals surface area contributed by atoms with Gasteiger partial charge in [-0.1, -0.05) is 54.4 Å². The number of rotatable bonds is 6. The summed E-state index contributed by atoms with van der Waals surface area (Å²) in [7, 11) is 0. The molecule has 0 aromatic heterocycles. The Bertz CT molecular complexity index is 161. The van der Waals surface area contributed by atoms with Crippen molar-refractivity contribution >= 4 is 0 Å². The zero-order chi connectivity index (χ0) is 12.1. The Hall–Kier alpha value is -0.0400. The van der Waals surface area contributed by atoms with Crippen LogP contribution in [0, 0.1) is 11.3 Å². The van der Waals surface area contributed by atoms with Crippen LogP contribution in [0.5, 0.6) is 0 Å². The third kappa shape index (κ3) is 5.55. The van der Waals surface area contributed by atoms with Crippen molar-refractivity contribution in [3.05, 3.63) is 0 Å². The van der Waals surface area contributed by atoms with Crippen LogP contribution in [0.4, 0.5) is 0 Å². The minimum absolute atomic E-state index is 0.0796. The topological polar surface area (TPSA) is 26.0 Å². The van der Waals surface area contributed by atoms with E-state index in [2.05, 4.69) is 41.5 Å². The van der Waals surface area contributed by atoms with Gasteiger partial charge in [0, 0.05) is 5.54 Å². The lowest BCUT2D eigenvalue weighted by atomic mass is 9.72. The van der Waals surface area contributed by atoms with Crippen molar-refractivity contribution in [3.8, 4) is 0 Å². The SMILES string of the molecule is CCCC(N)(CCC)CC(C)C(C)(C)C. The van der Waals surface area contributed by atoms with Gasteiger partial charge in [0.05, 0.1) is 0 Å².